The summed E-state index contributed by atoms with van der Waals surface area (Å²) in [4.78, 5) is 10.5. The minimum absolute atomic E-state index is 0.0600. The summed E-state index contributed by atoms with van der Waals surface area (Å²) in [6, 6.07) is 3.92. The van der Waals surface area contributed by atoms with E-state index in [1.54, 1.807) is 0 Å². The van der Waals surface area contributed by atoms with Gasteiger partial charge in [0.1, 0.15) is 11.5 Å². The quantitative estimate of drug-likeness (QED) is 0.699. The first-order valence-corrected chi connectivity index (χ1v) is 6.37. The molecule has 0 bridgehead atoms. The van der Waals surface area contributed by atoms with Crippen LogP contribution in [0.25, 0.3) is 0 Å². The van der Waals surface area contributed by atoms with E-state index in [9.17, 15) is 4.79 Å². The fraction of sp³-hybridized carbons (Fsp3) is 0.643. The van der Waals surface area contributed by atoms with Gasteiger partial charge in [-0.05, 0) is 43.9 Å². The van der Waals surface area contributed by atoms with Gasteiger partial charge in [-0.25, -0.2) is 0 Å². The highest BCUT2D eigenvalue weighted by Gasteiger charge is 2.18. The Morgan fingerprint density at radius 2 is 2.11 bits per heavy atom. The number of hydrogen-bond acceptors (Lipinski definition) is 3. The highest BCUT2D eigenvalue weighted by Crippen LogP contribution is 2.26. The summed E-state index contributed by atoms with van der Waals surface area (Å²) in [5, 5.41) is 12.0. The third-order valence-corrected chi connectivity index (χ3v) is 3.09. The van der Waals surface area contributed by atoms with Crippen LogP contribution in [0.4, 0.5) is 0 Å². The molecule has 18 heavy (non-hydrogen) atoms. The van der Waals surface area contributed by atoms with Crippen LogP contribution in [0.15, 0.2) is 16.5 Å². The van der Waals surface area contributed by atoms with Crippen molar-refractivity contribution in [2.75, 3.05) is 6.54 Å². The molecule has 0 aliphatic carbocycles. The normalized spacial score (nSPS) is 11.7. The van der Waals surface area contributed by atoms with Crippen molar-refractivity contribution < 1.29 is 14.3 Å². The molecule has 1 aromatic heterocycles. The van der Waals surface area contributed by atoms with Crippen molar-refractivity contribution >= 4 is 5.97 Å². The molecule has 0 saturated heterocycles. The second-order valence-electron chi connectivity index (χ2n) is 5.50. The van der Waals surface area contributed by atoms with Crippen LogP contribution in [0.2, 0.25) is 0 Å². The van der Waals surface area contributed by atoms with Crippen LogP contribution in [0.3, 0.4) is 0 Å². The van der Waals surface area contributed by atoms with Gasteiger partial charge in [-0.3, -0.25) is 4.79 Å². The number of rotatable bonds is 8. The first-order chi connectivity index (χ1) is 8.39. The van der Waals surface area contributed by atoms with Gasteiger partial charge in [-0.15, -0.1) is 0 Å². The third kappa shape index (κ3) is 5.87. The first kappa shape index (κ1) is 14.8. The molecule has 0 radical (unpaired) electrons. The van der Waals surface area contributed by atoms with E-state index in [1.807, 2.05) is 19.1 Å². The molecule has 4 heteroatoms. The maximum Gasteiger partial charge on any atom is 0.303 e. The van der Waals surface area contributed by atoms with Crippen LogP contribution < -0.4 is 5.32 Å². The van der Waals surface area contributed by atoms with Gasteiger partial charge in [0.15, 0.2) is 0 Å². The number of carbonyl (C=O) groups is 1. The predicted octanol–water partition coefficient (Wildman–Crippen LogP) is 2.96. The lowest BCUT2D eigenvalue weighted by Gasteiger charge is -2.23. The van der Waals surface area contributed by atoms with Crippen molar-refractivity contribution in [2.24, 2.45) is 5.41 Å². The number of nitrogens with one attached hydrogen (secondary N) is 1. The number of carboxylic acids is 1. The Morgan fingerprint density at radius 1 is 1.39 bits per heavy atom. The number of furan rings is 1. The van der Waals surface area contributed by atoms with Crippen molar-refractivity contribution in [3.8, 4) is 0 Å². The molecule has 0 aliphatic rings. The lowest BCUT2D eigenvalue weighted by molar-refractivity contribution is -0.137. The summed E-state index contributed by atoms with van der Waals surface area (Å²) < 4.78 is 5.45. The van der Waals surface area contributed by atoms with E-state index in [2.05, 4.69) is 19.2 Å². The molecule has 0 aromatic carbocycles. The fourth-order valence-corrected chi connectivity index (χ4v) is 1.79. The lowest BCUT2D eigenvalue weighted by Crippen LogP contribution is -2.22. The maximum absolute atomic E-state index is 10.5. The highest BCUT2D eigenvalue weighted by atomic mass is 16.4. The Morgan fingerprint density at radius 3 is 2.67 bits per heavy atom. The average molecular weight is 253 g/mol. The highest BCUT2D eigenvalue weighted by molar-refractivity contribution is 5.66. The molecule has 0 atom stereocenters. The Bertz CT molecular complexity index is 382. The monoisotopic (exact) mass is 253 g/mol. The maximum atomic E-state index is 10.5. The zero-order valence-corrected chi connectivity index (χ0v) is 11.5. The van der Waals surface area contributed by atoms with Crippen LogP contribution in [0.1, 0.15) is 44.6 Å². The summed E-state index contributed by atoms with van der Waals surface area (Å²) >= 11 is 0. The zero-order chi connectivity index (χ0) is 13.6. The smallest absolute Gasteiger partial charge is 0.303 e. The van der Waals surface area contributed by atoms with Gasteiger partial charge in [0.05, 0.1) is 6.54 Å². The summed E-state index contributed by atoms with van der Waals surface area (Å²) in [5.41, 5.74) is 0.0600. The molecule has 0 amide bonds. The first-order valence-electron chi connectivity index (χ1n) is 6.37. The average Bonchev–Trinajstić information content (AvgIpc) is 2.68. The summed E-state index contributed by atoms with van der Waals surface area (Å²) in [6.45, 7) is 7.73. The molecule has 0 aliphatic heterocycles. The van der Waals surface area contributed by atoms with Crippen molar-refractivity contribution in [1.29, 1.82) is 0 Å². The second kappa shape index (κ2) is 6.59. The molecule has 0 spiro atoms. The standard InChI is InChI=1S/C14H23NO3/c1-11-4-5-12(18-11)10-15-9-8-14(2,3)7-6-13(16)17/h4-5,15H,6-10H2,1-3H3,(H,16,17). The topological polar surface area (TPSA) is 62.5 Å². The largest absolute Gasteiger partial charge is 0.481 e. The molecule has 0 saturated carbocycles. The van der Waals surface area contributed by atoms with Gasteiger partial charge < -0.3 is 14.8 Å². The van der Waals surface area contributed by atoms with Crippen molar-refractivity contribution in [3.05, 3.63) is 23.7 Å². The molecule has 102 valence electrons. The summed E-state index contributed by atoms with van der Waals surface area (Å²) in [6.07, 6.45) is 1.91. The van der Waals surface area contributed by atoms with Gasteiger partial charge in [-0.1, -0.05) is 13.8 Å². The van der Waals surface area contributed by atoms with Crippen LogP contribution in [0, 0.1) is 12.3 Å². The van der Waals surface area contributed by atoms with Crippen LogP contribution in [0.5, 0.6) is 0 Å². The van der Waals surface area contributed by atoms with E-state index in [1.165, 1.54) is 0 Å². The van der Waals surface area contributed by atoms with E-state index in [4.69, 9.17) is 9.52 Å². The van der Waals surface area contributed by atoms with Crippen molar-refractivity contribution in [2.45, 2.75) is 46.6 Å². The Hall–Kier alpha value is -1.29. The SMILES string of the molecule is Cc1ccc(CNCCC(C)(C)CCC(=O)O)o1. The summed E-state index contributed by atoms with van der Waals surface area (Å²) in [7, 11) is 0. The molecule has 1 rings (SSSR count). The second-order valence-corrected chi connectivity index (χ2v) is 5.50. The van der Waals surface area contributed by atoms with Crippen molar-refractivity contribution in [3.63, 3.8) is 0 Å². The van der Waals surface area contributed by atoms with E-state index in [-0.39, 0.29) is 11.8 Å². The lowest BCUT2D eigenvalue weighted by atomic mass is 9.84. The zero-order valence-electron chi connectivity index (χ0n) is 11.5. The van der Waals surface area contributed by atoms with Crippen molar-refractivity contribution in [1.82, 2.24) is 5.32 Å². The van der Waals surface area contributed by atoms with Gasteiger partial charge >= 0.3 is 5.97 Å². The third-order valence-electron chi connectivity index (χ3n) is 3.09. The number of aryl methyl sites for hydroxylation is 1. The van der Waals surface area contributed by atoms with Gasteiger partial charge in [-0.2, -0.15) is 0 Å². The minimum Gasteiger partial charge on any atom is -0.481 e. The Balaban J connectivity index is 2.18. The van der Waals surface area contributed by atoms with E-state index in [0.717, 1.165) is 31.0 Å². The number of aliphatic carboxylic acids is 1. The number of carboxylic acid groups (broad SMARTS) is 1. The molecule has 2 N–H and O–H groups in total. The fourth-order valence-electron chi connectivity index (χ4n) is 1.79. The van der Waals surface area contributed by atoms with Gasteiger partial charge in [0.2, 0.25) is 0 Å². The Kier molecular flexibility index (Phi) is 5.41. The van der Waals surface area contributed by atoms with Crippen LogP contribution in [-0.2, 0) is 11.3 Å². The van der Waals surface area contributed by atoms with E-state index < -0.39 is 5.97 Å². The molecule has 0 unspecified atom stereocenters. The van der Waals surface area contributed by atoms with Crippen LogP contribution in [-0.4, -0.2) is 17.6 Å². The van der Waals surface area contributed by atoms with Gasteiger partial charge in [0.25, 0.3) is 0 Å². The van der Waals surface area contributed by atoms with Gasteiger partial charge in [0, 0.05) is 6.42 Å². The molecular weight excluding hydrogens is 230 g/mol. The summed E-state index contributed by atoms with van der Waals surface area (Å²) in [5.74, 6) is 1.14. The van der Waals surface area contributed by atoms with E-state index >= 15 is 0 Å². The minimum atomic E-state index is -0.720. The molecule has 1 aromatic rings. The molecular formula is C14H23NO3. The molecule has 0 fully saturated rings. The Labute approximate surface area is 108 Å². The molecule has 4 nitrogen and oxygen atoms in total. The number of hydrogen-bond donors (Lipinski definition) is 2. The van der Waals surface area contributed by atoms with Crippen LogP contribution >= 0.6 is 0 Å². The molecule has 1 heterocycles. The predicted molar refractivity (Wildman–Crippen MR) is 70.4 cm³/mol. The van der Waals surface area contributed by atoms with E-state index in [0.29, 0.717) is 6.42 Å².